The number of nitrogens with zero attached hydrogens (tertiary/aromatic N) is 3. The number of hydrogen-bond acceptors (Lipinski definition) is 15. The number of alkyl halides is 3. The number of imide groups is 1. The number of aryl methyl sites for hydroxylation is 1. The van der Waals surface area contributed by atoms with Crippen molar-refractivity contribution in [1.82, 2.24) is 24.9 Å². The Kier molecular flexibility index (Phi) is 21.4. The average Bonchev–Trinajstić information content (AvgIpc) is 3.36. The second-order valence-corrected chi connectivity index (χ2v) is 19.5. The highest BCUT2D eigenvalue weighted by molar-refractivity contribution is 8.07. The minimum absolute atomic E-state index is 0.0490. The molecular weight excluding hydrogens is 904 g/mol. The first kappa shape index (κ1) is 50.2. The van der Waals surface area contributed by atoms with Crippen molar-refractivity contribution in [1.29, 1.82) is 0 Å². The van der Waals surface area contributed by atoms with Crippen molar-refractivity contribution < 1.29 is 42.2 Å². The number of fused-ring (bicyclic) bond motifs is 1. The number of para-hydroxylation sites is 2. The largest absolute Gasteiger partial charge is 0.453 e. The number of thiocarbonyl (C=S) groups is 2. The summed E-state index contributed by atoms with van der Waals surface area (Å²) in [5, 5.41) is 10.3. The van der Waals surface area contributed by atoms with E-state index < -0.39 is 22.0 Å². The third-order valence-electron chi connectivity index (χ3n) is 7.03. The number of rotatable bonds is 10. The first-order chi connectivity index (χ1) is 26.8. The Morgan fingerprint density at radius 3 is 1.75 bits per heavy atom. The smallest absolute Gasteiger partial charge is 0.413 e. The van der Waals surface area contributed by atoms with Crippen LogP contribution in [0.1, 0.15) is 58.0 Å². The van der Waals surface area contributed by atoms with Crippen LogP contribution >= 0.6 is 77.9 Å². The molecule has 0 spiro atoms. The maximum atomic E-state index is 11.9. The van der Waals surface area contributed by atoms with Gasteiger partial charge in [0.2, 0.25) is 17.7 Å². The molecule has 1 aromatic carbocycles. The van der Waals surface area contributed by atoms with Gasteiger partial charge in [-0.1, -0.05) is 72.9 Å². The number of amides is 4. The minimum atomic E-state index is -2.77. The van der Waals surface area contributed by atoms with Crippen LogP contribution in [0.15, 0.2) is 42.5 Å². The van der Waals surface area contributed by atoms with Crippen LogP contribution < -0.4 is 25.8 Å². The van der Waals surface area contributed by atoms with Gasteiger partial charge in [-0.25, -0.2) is 18.9 Å². The number of alkyl carbamates (subject to hydrolysis) is 2. The monoisotopic (exact) mass is 945 g/mol. The predicted molar refractivity (Wildman–Crippen MR) is 234 cm³/mol. The van der Waals surface area contributed by atoms with Gasteiger partial charge < -0.3 is 24.6 Å². The molecule has 2 heterocycles. The van der Waals surface area contributed by atoms with E-state index in [0.717, 1.165) is 15.8 Å². The maximum absolute atomic E-state index is 11.9. The van der Waals surface area contributed by atoms with Crippen LogP contribution in [0, 0.1) is 18.8 Å². The molecule has 1 aromatic heterocycles. The molecule has 0 saturated carbocycles. The molecule has 1 saturated heterocycles. The van der Waals surface area contributed by atoms with E-state index in [1.807, 2.05) is 46.8 Å². The molecule has 314 valence electrons. The van der Waals surface area contributed by atoms with Crippen LogP contribution in [0.4, 0.5) is 21.0 Å². The molecule has 2 aliphatic rings. The lowest BCUT2D eigenvalue weighted by Crippen LogP contribution is -2.35. The molecule has 0 unspecified atom stereocenters. The number of aromatic nitrogens is 2. The van der Waals surface area contributed by atoms with Crippen molar-refractivity contribution in [3.8, 4) is 5.88 Å². The standard InChI is InChI=1S/C12H14N4O4S2.C12H21N2O3PS.C9H8Cl3NO2S/c1-19-11(17)15-9(21)13-7-5-3-4-6-8(7)14-10(22)16-12(18)20-2;1-6-15-18(19,16-7-2)17-11-8-10(5)13-12(14-11)9(3)4;10-9(11,12)16-13-7(14)5-3-1-2-4-6(5)8(13)15/h3-6H,1-2H3,(H2,13,15,17,21)(H2,14,16,18,22);8-9H,6-7H2,1-5H3;1-2,5-6H,3-4H2/t;;5-,6+. The van der Waals surface area contributed by atoms with Crippen LogP contribution in [0.25, 0.3) is 0 Å². The van der Waals surface area contributed by atoms with E-state index in [2.05, 4.69) is 40.7 Å². The van der Waals surface area contributed by atoms with Crippen molar-refractivity contribution >= 4 is 135 Å². The number of methoxy groups -OCH3 is 2. The molecular formula is C33H43Cl3N7O9PS4. The fourth-order valence-electron chi connectivity index (χ4n) is 4.65. The van der Waals surface area contributed by atoms with Crippen LogP contribution in [0.2, 0.25) is 0 Å². The third kappa shape index (κ3) is 17.5. The van der Waals surface area contributed by atoms with Gasteiger partial charge >= 0.3 is 18.9 Å². The Bertz CT molecular complexity index is 1760. The van der Waals surface area contributed by atoms with E-state index in [0.29, 0.717) is 55.3 Å². The molecule has 24 heteroatoms. The van der Waals surface area contributed by atoms with Gasteiger partial charge in [0.15, 0.2) is 10.2 Å². The zero-order valence-electron chi connectivity index (χ0n) is 31.8. The molecule has 2 aromatic rings. The SMILES string of the molecule is CCOP(=S)(OCC)Oc1cc(C)nc(C(C)C)n1.COC(=O)NC(=S)Nc1ccccc1NC(=S)NC(=O)OC.O=C1[C@H]2CC=CC[C@H]2C(=O)N1SC(Cl)(Cl)Cl. The number of nitrogens with one attached hydrogen (secondary N) is 4. The highest BCUT2D eigenvalue weighted by Crippen LogP contribution is 2.49. The summed E-state index contributed by atoms with van der Waals surface area (Å²) in [7, 11) is 2.45. The number of hydrogen-bond donors (Lipinski definition) is 4. The number of ether oxygens (including phenoxy) is 2. The molecule has 1 aliphatic carbocycles. The van der Waals surface area contributed by atoms with Gasteiger partial charge in [-0.05, 0) is 70.2 Å². The highest BCUT2D eigenvalue weighted by atomic mass is 35.6. The van der Waals surface area contributed by atoms with Gasteiger partial charge in [-0.15, -0.1) is 0 Å². The van der Waals surface area contributed by atoms with Crippen LogP contribution in [0.3, 0.4) is 0 Å². The molecule has 4 amide bonds. The number of allylic oxidation sites excluding steroid dienone is 2. The lowest BCUT2D eigenvalue weighted by atomic mass is 9.85. The first-order valence-electron chi connectivity index (χ1n) is 16.9. The van der Waals surface area contributed by atoms with E-state index >= 15 is 0 Å². The number of benzene rings is 1. The number of anilines is 2. The molecule has 1 fully saturated rings. The van der Waals surface area contributed by atoms with Gasteiger partial charge in [0.25, 0.3) is 3.12 Å². The molecule has 2 atom stereocenters. The lowest BCUT2D eigenvalue weighted by Gasteiger charge is -2.20. The number of halogens is 3. The summed E-state index contributed by atoms with van der Waals surface area (Å²) >= 11 is 32.6. The van der Waals surface area contributed by atoms with E-state index in [4.69, 9.17) is 84.6 Å². The fourth-order valence-corrected chi connectivity index (χ4v) is 8.31. The zero-order chi connectivity index (χ0) is 42.9. The van der Waals surface area contributed by atoms with Crippen LogP contribution in [-0.2, 0) is 39.9 Å². The Balaban J connectivity index is 0.000000298. The summed E-state index contributed by atoms with van der Waals surface area (Å²) < 4.78 is 24.7. The third-order valence-corrected chi connectivity index (χ3v) is 11.2. The molecule has 0 radical (unpaired) electrons. The quantitative estimate of drug-likeness (QED) is 0.0444. The van der Waals surface area contributed by atoms with Crippen molar-refractivity contribution in [3.63, 3.8) is 0 Å². The molecule has 1 aliphatic heterocycles. The normalized spacial score (nSPS) is 15.9. The summed E-state index contributed by atoms with van der Waals surface area (Å²) in [6.45, 7) is 7.78. The second kappa shape index (κ2) is 24.2. The van der Waals surface area contributed by atoms with Gasteiger partial charge in [-0.3, -0.25) is 29.3 Å². The molecule has 4 N–H and O–H groups in total. The van der Waals surface area contributed by atoms with E-state index in [9.17, 15) is 19.2 Å². The second-order valence-electron chi connectivity index (χ2n) is 11.6. The van der Waals surface area contributed by atoms with E-state index in [-0.39, 0.29) is 39.8 Å². The van der Waals surface area contributed by atoms with E-state index in [1.54, 1.807) is 30.3 Å². The van der Waals surface area contributed by atoms with Crippen LogP contribution in [0.5, 0.6) is 5.88 Å². The Labute approximate surface area is 366 Å². The maximum Gasteiger partial charge on any atom is 0.413 e. The van der Waals surface area contributed by atoms with Crippen LogP contribution in [-0.4, -0.2) is 79.1 Å². The number of carbonyl (C=O) groups excluding carboxylic acids is 4. The predicted octanol–water partition coefficient (Wildman–Crippen LogP) is 8.29. The summed E-state index contributed by atoms with van der Waals surface area (Å²) in [6, 6.07) is 8.66. The topological polar surface area (TPSA) is 192 Å². The molecule has 57 heavy (non-hydrogen) atoms. The Morgan fingerprint density at radius 1 is 0.912 bits per heavy atom. The van der Waals surface area contributed by atoms with Gasteiger partial charge in [-0.2, -0.15) is 4.98 Å². The zero-order valence-corrected chi connectivity index (χ0v) is 38.3. The molecule has 0 bridgehead atoms. The fraction of sp³-hybridized carbons (Fsp3) is 0.455. The molecule has 16 nitrogen and oxygen atoms in total. The Hall–Kier alpha value is -2.91. The average molecular weight is 947 g/mol. The lowest BCUT2D eigenvalue weighted by molar-refractivity contribution is -0.133. The van der Waals surface area contributed by atoms with Crippen molar-refractivity contribution in [2.75, 3.05) is 38.1 Å². The summed E-state index contributed by atoms with van der Waals surface area (Å²) in [6.07, 6.45) is 3.63. The van der Waals surface area contributed by atoms with Gasteiger partial charge in [0.05, 0.1) is 50.6 Å². The van der Waals surface area contributed by atoms with E-state index in [1.165, 1.54) is 14.2 Å². The van der Waals surface area contributed by atoms with Crippen molar-refractivity contribution in [3.05, 3.63) is 54.0 Å². The Morgan fingerprint density at radius 2 is 1.37 bits per heavy atom. The van der Waals surface area contributed by atoms with Gasteiger partial charge in [0.1, 0.15) is 5.82 Å². The first-order valence-corrected chi connectivity index (χ1v) is 22.2. The van der Waals surface area contributed by atoms with Gasteiger partial charge in [0, 0.05) is 41.4 Å². The minimum Gasteiger partial charge on any atom is -0.453 e. The molecule has 4 rings (SSSR count). The van der Waals surface area contributed by atoms with Crippen molar-refractivity contribution in [2.24, 2.45) is 11.8 Å². The highest BCUT2D eigenvalue weighted by Gasteiger charge is 2.50. The summed E-state index contributed by atoms with van der Waals surface area (Å²) in [5.74, 6) is 0.298. The summed E-state index contributed by atoms with van der Waals surface area (Å²) in [5.41, 5.74) is 1.92. The van der Waals surface area contributed by atoms with Crippen molar-refractivity contribution in [2.45, 2.75) is 56.5 Å². The summed E-state index contributed by atoms with van der Waals surface area (Å²) in [4.78, 5) is 54.7. The number of carbonyl (C=O) groups is 4.